The lowest BCUT2D eigenvalue weighted by molar-refractivity contribution is -0.137. The summed E-state index contributed by atoms with van der Waals surface area (Å²) in [4.78, 5) is 8.13. The second kappa shape index (κ2) is 6.21. The molecular formula is C18H18F3N3S2. The molecule has 1 aliphatic rings. The number of benzene rings is 1. The highest BCUT2D eigenvalue weighted by atomic mass is 32.1. The Morgan fingerprint density at radius 1 is 1.23 bits per heavy atom. The minimum atomic E-state index is -4.36. The van der Waals surface area contributed by atoms with Crippen LogP contribution >= 0.6 is 22.7 Å². The van der Waals surface area contributed by atoms with Gasteiger partial charge in [0.2, 0.25) is 0 Å². The molecule has 0 unspecified atom stereocenters. The number of thiazole rings is 1. The van der Waals surface area contributed by atoms with Crippen molar-refractivity contribution in [1.82, 2.24) is 9.88 Å². The summed E-state index contributed by atoms with van der Waals surface area (Å²) < 4.78 is 39.6. The lowest BCUT2D eigenvalue weighted by Crippen LogP contribution is -2.35. The first kappa shape index (κ1) is 17.8. The molecule has 1 aromatic carbocycles. The van der Waals surface area contributed by atoms with Gasteiger partial charge in [0, 0.05) is 29.6 Å². The summed E-state index contributed by atoms with van der Waals surface area (Å²) in [6.45, 7) is 6.17. The van der Waals surface area contributed by atoms with Crippen molar-refractivity contribution in [2.75, 3.05) is 12.3 Å². The second-order valence-electron chi connectivity index (χ2n) is 6.76. The highest BCUT2D eigenvalue weighted by Gasteiger charge is 2.31. The van der Waals surface area contributed by atoms with Crippen molar-refractivity contribution in [1.29, 1.82) is 0 Å². The highest BCUT2D eigenvalue weighted by molar-refractivity contribution is 7.22. The van der Waals surface area contributed by atoms with Crippen LogP contribution in [0, 0.1) is 0 Å². The lowest BCUT2D eigenvalue weighted by atomic mass is 10.0. The van der Waals surface area contributed by atoms with Crippen molar-refractivity contribution in [3.63, 3.8) is 0 Å². The molecule has 0 bridgehead atoms. The Kier molecular flexibility index (Phi) is 4.24. The summed E-state index contributed by atoms with van der Waals surface area (Å²) in [6.07, 6.45) is -3.47. The third kappa shape index (κ3) is 3.00. The number of nitrogen functional groups attached to an aromatic ring is 1. The highest BCUT2D eigenvalue weighted by Crippen LogP contribution is 2.44. The number of thiophene rings is 1. The average molecular weight is 397 g/mol. The molecule has 4 rings (SSSR count). The van der Waals surface area contributed by atoms with Crippen molar-refractivity contribution >= 4 is 37.9 Å². The van der Waals surface area contributed by atoms with E-state index in [9.17, 15) is 13.2 Å². The fourth-order valence-electron chi connectivity index (χ4n) is 3.33. The molecule has 1 aliphatic heterocycles. The molecule has 0 fully saturated rings. The van der Waals surface area contributed by atoms with Crippen LogP contribution in [0.5, 0.6) is 0 Å². The van der Waals surface area contributed by atoms with Crippen molar-refractivity contribution in [2.24, 2.45) is 0 Å². The Bertz CT molecular complexity index is 972. The van der Waals surface area contributed by atoms with Gasteiger partial charge in [0.15, 0.2) is 0 Å². The van der Waals surface area contributed by atoms with Gasteiger partial charge in [-0.3, -0.25) is 4.90 Å². The maximum Gasteiger partial charge on any atom is 0.416 e. The quantitative estimate of drug-likeness (QED) is 0.630. The van der Waals surface area contributed by atoms with Crippen LogP contribution in [-0.2, 0) is 19.1 Å². The fraction of sp³-hybridized carbons (Fsp3) is 0.389. The van der Waals surface area contributed by atoms with E-state index in [1.165, 1.54) is 27.8 Å². The molecule has 3 nitrogen and oxygen atoms in total. The molecule has 138 valence electrons. The van der Waals surface area contributed by atoms with Crippen LogP contribution in [-0.4, -0.2) is 22.5 Å². The molecule has 0 saturated heterocycles. The Labute approximate surface area is 157 Å². The van der Waals surface area contributed by atoms with E-state index in [2.05, 4.69) is 23.7 Å². The largest absolute Gasteiger partial charge is 0.416 e. The molecule has 0 aliphatic carbocycles. The van der Waals surface area contributed by atoms with E-state index >= 15 is 0 Å². The Hall–Kier alpha value is -1.64. The smallest absolute Gasteiger partial charge is 0.390 e. The maximum atomic E-state index is 12.9. The van der Waals surface area contributed by atoms with Crippen LogP contribution in [0.2, 0.25) is 0 Å². The predicted molar refractivity (Wildman–Crippen MR) is 102 cm³/mol. The third-order valence-corrected chi connectivity index (χ3v) is 6.87. The van der Waals surface area contributed by atoms with Crippen LogP contribution in [0.1, 0.15) is 29.9 Å². The zero-order chi connectivity index (χ0) is 18.6. The van der Waals surface area contributed by atoms with E-state index < -0.39 is 11.7 Å². The van der Waals surface area contributed by atoms with E-state index in [4.69, 9.17) is 5.73 Å². The van der Waals surface area contributed by atoms with Crippen LogP contribution in [0.3, 0.4) is 0 Å². The molecule has 0 spiro atoms. The molecule has 0 radical (unpaired) electrons. The SMILES string of the molecule is CC(C)N1CCc2c(sc(N)c2-c2nc3cc(C(F)(F)F)ccc3s2)C1. The van der Waals surface area contributed by atoms with Gasteiger partial charge in [-0.1, -0.05) is 0 Å². The van der Waals surface area contributed by atoms with Crippen molar-refractivity contribution in [2.45, 2.75) is 39.0 Å². The number of nitrogens with two attached hydrogens (primary N) is 1. The van der Waals surface area contributed by atoms with Crippen LogP contribution in [0.25, 0.3) is 20.8 Å². The number of nitrogens with zero attached hydrogens (tertiary/aromatic N) is 2. The summed E-state index contributed by atoms with van der Waals surface area (Å²) in [5, 5.41) is 1.42. The van der Waals surface area contributed by atoms with E-state index in [1.807, 2.05) is 0 Å². The lowest BCUT2D eigenvalue weighted by Gasteiger charge is -2.30. The Morgan fingerprint density at radius 3 is 2.69 bits per heavy atom. The minimum Gasteiger partial charge on any atom is -0.390 e. The number of anilines is 1. The summed E-state index contributed by atoms with van der Waals surface area (Å²) >= 11 is 2.98. The molecule has 3 heterocycles. The summed E-state index contributed by atoms with van der Waals surface area (Å²) in [7, 11) is 0. The van der Waals surface area contributed by atoms with Crippen molar-refractivity contribution in [3.8, 4) is 10.6 Å². The first-order valence-corrected chi connectivity index (χ1v) is 9.99. The molecule has 0 atom stereocenters. The van der Waals surface area contributed by atoms with E-state index in [0.29, 0.717) is 21.6 Å². The first-order valence-electron chi connectivity index (χ1n) is 8.36. The van der Waals surface area contributed by atoms with Gasteiger partial charge in [-0.05, 0) is 44.0 Å². The third-order valence-electron chi connectivity index (χ3n) is 4.77. The van der Waals surface area contributed by atoms with E-state index in [1.54, 1.807) is 11.3 Å². The standard InChI is InChI=1S/C18H18F3N3S2/c1-9(2)24-6-5-11-14(8-24)25-16(22)15(11)17-23-12-7-10(18(19,20)21)3-4-13(12)26-17/h3-4,7,9H,5-6,8,22H2,1-2H3. The zero-order valence-corrected chi connectivity index (χ0v) is 16.0. The van der Waals surface area contributed by atoms with Gasteiger partial charge in [-0.2, -0.15) is 13.2 Å². The number of hydrogen-bond acceptors (Lipinski definition) is 5. The molecule has 2 aromatic heterocycles. The number of fused-ring (bicyclic) bond motifs is 2. The van der Waals surface area contributed by atoms with Crippen molar-refractivity contribution in [3.05, 3.63) is 34.2 Å². The zero-order valence-electron chi connectivity index (χ0n) is 14.4. The second-order valence-corrected chi connectivity index (χ2v) is 8.92. The number of halogens is 3. The van der Waals surface area contributed by atoms with Gasteiger partial charge in [0.1, 0.15) is 5.01 Å². The topological polar surface area (TPSA) is 42.1 Å². The summed E-state index contributed by atoms with van der Waals surface area (Å²) in [5.74, 6) is 0. The molecule has 26 heavy (non-hydrogen) atoms. The van der Waals surface area contributed by atoms with Gasteiger partial charge in [0.25, 0.3) is 0 Å². The Morgan fingerprint density at radius 2 is 2.00 bits per heavy atom. The average Bonchev–Trinajstić information content (AvgIpc) is 3.11. The number of alkyl halides is 3. The van der Waals surface area contributed by atoms with E-state index in [-0.39, 0.29) is 0 Å². The monoisotopic (exact) mass is 397 g/mol. The van der Waals surface area contributed by atoms with Gasteiger partial charge >= 0.3 is 6.18 Å². The normalized spacial score (nSPS) is 15.8. The van der Waals surface area contributed by atoms with Crippen LogP contribution < -0.4 is 5.73 Å². The van der Waals surface area contributed by atoms with Crippen molar-refractivity contribution < 1.29 is 13.2 Å². The van der Waals surface area contributed by atoms with Gasteiger partial charge < -0.3 is 5.73 Å². The predicted octanol–water partition coefficient (Wildman–Crippen LogP) is 5.39. The summed E-state index contributed by atoms with van der Waals surface area (Å²) in [6, 6.07) is 4.19. The van der Waals surface area contributed by atoms with Gasteiger partial charge in [-0.25, -0.2) is 4.98 Å². The number of hydrogen-bond donors (Lipinski definition) is 1. The molecule has 3 aromatic rings. The minimum absolute atomic E-state index is 0.374. The molecule has 0 saturated carbocycles. The first-order chi connectivity index (χ1) is 12.2. The maximum absolute atomic E-state index is 12.9. The molecule has 0 amide bonds. The Balaban J connectivity index is 1.77. The van der Waals surface area contributed by atoms with E-state index in [0.717, 1.165) is 41.9 Å². The summed E-state index contributed by atoms with van der Waals surface area (Å²) in [5.41, 5.74) is 8.11. The van der Waals surface area contributed by atoms with Gasteiger partial charge in [0.05, 0.1) is 20.8 Å². The fourth-order valence-corrected chi connectivity index (χ4v) is 5.57. The molecular weight excluding hydrogens is 379 g/mol. The van der Waals surface area contributed by atoms with Crippen LogP contribution in [0.15, 0.2) is 18.2 Å². The number of aromatic nitrogens is 1. The van der Waals surface area contributed by atoms with Crippen LogP contribution in [0.4, 0.5) is 18.2 Å². The number of rotatable bonds is 2. The molecule has 2 N–H and O–H groups in total. The molecule has 8 heteroatoms. The van der Waals surface area contributed by atoms with Gasteiger partial charge in [-0.15, -0.1) is 22.7 Å².